The number of nitrogens with one attached hydrogen (secondary N) is 1. The summed E-state index contributed by atoms with van der Waals surface area (Å²) in [5.74, 6) is -1.51. The van der Waals surface area contributed by atoms with Crippen molar-refractivity contribution in [2.45, 2.75) is 4.90 Å². The third kappa shape index (κ3) is 4.35. The van der Waals surface area contributed by atoms with Crippen LogP contribution in [0.2, 0.25) is 5.02 Å². The normalized spacial score (nSPS) is 14.4. The van der Waals surface area contributed by atoms with E-state index < -0.39 is 28.4 Å². The molecule has 0 aromatic heterocycles. The second-order valence-electron chi connectivity index (χ2n) is 7.15. The molecule has 9 heteroatoms. The van der Waals surface area contributed by atoms with E-state index in [0.717, 1.165) is 11.4 Å². The number of nitrogens with zero attached hydrogens (tertiary/aromatic N) is 1. The Morgan fingerprint density at radius 1 is 0.970 bits per heavy atom. The van der Waals surface area contributed by atoms with E-state index in [2.05, 4.69) is 5.32 Å². The molecule has 3 aromatic carbocycles. The molecule has 0 saturated carbocycles. The fourth-order valence-electron chi connectivity index (χ4n) is 3.63. The van der Waals surface area contributed by atoms with Crippen LogP contribution in [0.4, 0.5) is 5.69 Å². The fraction of sp³-hybridized carbons (Fsp3) is 0.0833. The Morgan fingerprint density at radius 3 is 2.24 bits per heavy atom. The van der Waals surface area contributed by atoms with Crippen molar-refractivity contribution >= 4 is 44.8 Å². The van der Waals surface area contributed by atoms with Gasteiger partial charge >= 0.3 is 5.97 Å². The van der Waals surface area contributed by atoms with E-state index in [-0.39, 0.29) is 16.2 Å². The number of methoxy groups -OCH3 is 1. The summed E-state index contributed by atoms with van der Waals surface area (Å²) in [6, 6.07) is 21.7. The maximum absolute atomic E-state index is 13.6. The largest absolute Gasteiger partial charge is 0.464 e. The first-order valence-corrected chi connectivity index (χ1v) is 11.7. The van der Waals surface area contributed by atoms with Gasteiger partial charge in [-0.25, -0.2) is 17.5 Å². The quantitative estimate of drug-likeness (QED) is 0.556. The minimum atomic E-state index is -4.28. The van der Waals surface area contributed by atoms with Crippen LogP contribution in [0.15, 0.2) is 89.5 Å². The number of rotatable bonds is 5. The highest BCUT2D eigenvalue weighted by molar-refractivity contribution is 7.89. The number of esters is 1. The van der Waals surface area contributed by atoms with Gasteiger partial charge in [0.25, 0.3) is 10.0 Å². The van der Waals surface area contributed by atoms with Gasteiger partial charge in [-0.1, -0.05) is 60.1 Å². The zero-order valence-electron chi connectivity index (χ0n) is 17.5. The lowest BCUT2D eigenvalue weighted by Crippen LogP contribution is -2.43. The van der Waals surface area contributed by atoms with E-state index in [9.17, 15) is 18.0 Å². The van der Waals surface area contributed by atoms with Gasteiger partial charge in [0.1, 0.15) is 12.2 Å². The molecule has 1 amide bonds. The SMILES string of the molecule is COC(=O)C1=C(c2ccccc2)c2cc(Cl)ccc2S(=O)(=O)N1CC(=O)Nc1ccccc1. The van der Waals surface area contributed by atoms with Gasteiger partial charge in [-0.3, -0.25) is 4.79 Å². The smallest absolute Gasteiger partial charge is 0.356 e. The molecule has 0 aliphatic carbocycles. The summed E-state index contributed by atoms with van der Waals surface area (Å²) in [6.07, 6.45) is 0. The van der Waals surface area contributed by atoms with Crippen molar-refractivity contribution in [3.63, 3.8) is 0 Å². The van der Waals surface area contributed by atoms with Crippen molar-refractivity contribution in [1.29, 1.82) is 0 Å². The number of carbonyl (C=O) groups excluding carboxylic acids is 2. The Kier molecular flexibility index (Phi) is 6.22. The molecule has 0 atom stereocenters. The number of sulfonamides is 1. The van der Waals surface area contributed by atoms with Crippen LogP contribution in [-0.2, 0) is 24.3 Å². The molecule has 0 bridgehead atoms. The average Bonchev–Trinajstić information content (AvgIpc) is 2.81. The molecule has 0 unspecified atom stereocenters. The van der Waals surface area contributed by atoms with Gasteiger partial charge < -0.3 is 10.1 Å². The highest BCUT2D eigenvalue weighted by Crippen LogP contribution is 2.41. The Morgan fingerprint density at radius 2 is 1.61 bits per heavy atom. The zero-order chi connectivity index (χ0) is 23.6. The highest BCUT2D eigenvalue weighted by Gasteiger charge is 2.41. The lowest BCUT2D eigenvalue weighted by Gasteiger charge is -2.32. The van der Waals surface area contributed by atoms with Gasteiger partial charge in [-0.05, 0) is 35.9 Å². The molecule has 3 aromatic rings. The van der Waals surface area contributed by atoms with Crippen molar-refractivity contribution in [2.75, 3.05) is 19.0 Å². The molecule has 1 aliphatic heterocycles. The molecule has 0 spiro atoms. The number of amides is 1. The van der Waals surface area contributed by atoms with Crippen LogP contribution in [0.3, 0.4) is 0 Å². The molecule has 168 valence electrons. The monoisotopic (exact) mass is 482 g/mol. The molecule has 1 heterocycles. The number of hydrogen-bond donors (Lipinski definition) is 1. The third-order valence-electron chi connectivity index (χ3n) is 5.05. The molecule has 0 saturated heterocycles. The second-order valence-corrected chi connectivity index (χ2v) is 9.41. The molecular formula is C24H19ClN2O5S. The first-order chi connectivity index (χ1) is 15.8. The van der Waals surface area contributed by atoms with Gasteiger partial charge in [-0.2, -0.15) is 0 Å². The van der Waals surface area contributed by atoms with Crippen LogP contribution in [0.25, 0.3) is 5.57 Å². The highest BCUT2D eigenvalue weighted by atomic mass is 35.5. The minimum absolute atomic E-state index is 0.0640. The molecule has 0 radical (unpaired) electrons. The summed E-state index contributed by atoms with van der Waals surface area (Å²) in [5.41, 5.74) is 1.37. The Labute approximate surface area is 196 Å². The maximum atomic E-state index is 13.6. The van der Waals surface area contributed by atoms with Crippen molar-refractivity contribution in [3.05, 3.63) is 101 Å². The van der Waals surface area contributed by atoms with E-state index >= 15 is 0 Å². The van der Waals surface area contributed by atoms with Gasteiger partial charge in [0.05, 0.1) is 12.0 Å². The number of para-hydroxylation sites is 1. The summed E-state index contributed by atoms with van der Waals surface area (Å²) < 4.78 is 32.9. The number of carbonyl (C=O) groups is 2. The van der Waals surface area contributed by atoms with E-state index in [1.54, 1.807) is 60.7 Å². The molecule has 33 heavy (non-hydrogen) atoms. The molecule has 4 rings (SSSR count). The Bertz CT molecular complexity index is 1360. The van der Waals surface area contributed by atoms with Crippen LogP contribution in [0.1, 0.15) is 11.1 Å². The van der Waals surface area contributed by atoms with Gasteiger partial charge in [0.2, 0.25) is 5.91 Å². The number of hydrogen-bond acceptors (Lipinski definition) is 5. The number of halogens is 1. The van der Waals surface area contributed by atoms with Gasteiger partial charge in [0, 0.05) is 21.8 Å². The van der Waals surface area contributed by atoms with E-state index in [1.165, 1.54) is 18.2 Å². The van der Waals surface area contributed by atoms with Gasteiger partial charge in [-0.15, -0.1) is 0 Å². The number of benzene rings is 3. The van der Waals surface area contributed by atoms with Crippen LogP contribution in [0.5, 0.6) is 0 Å². The third-order valence-corrected chi connectivity index (χ3v) is 7.09. The summed E-state index contributed by atoms with van der Waals surface area (Å²) in [7, 11) is -3.12. The van der Waals surface area contributed by atoms with Crippen molar-refractivity contribution in [1.82, 2.24) is 4.31 Å². The van der Waals surface area contributed by atoms with Crippen molar-refractivity contribution < 1.29 is 22.7 Å². The van der Waals surface area contributed by atoms with E-state index in [1.807, 2.05) is 0 Å². The minimum Gasteiger partial charge on any atom is -0.464 e. The predicted molar refractivity (Wildman–Crippen MR) is 125 cm³/mol. The summed E-state index contributed by atoms with van der Waals surface area (Å²) in [4.78, 5) is 25.7. The number of fused-ring (bicyclic) bond motifs is 1. The zero-order valence-corrected chi connectivity index (χ0v) is 19.1. The topological polar surface area (TPSA) is 92.8 Å². The summed E-state index contributed by atoms with van der Waals surface area (Å²) in [5, 5.41) is 2.95. The van der Waals surface area contributed by atoms with Crippen LogP contribution < -0.4 is 5.32 Å². The first-order valence-electron chi connectivity index (χ1n) is 9.88. The summed E-state index contributed by atoms with van der Waals surface area (Å²) in [6.45, 7) is -0.625. The Hall–Kier alpha value is -3.62. The van der Waals surface area contributed by atoms with Crippen molar-refractivity contribution in [2.24, 2.45) is 0 Å². The van der Waals surface area contributed by atoms with E-state index in [0.29, 0.717) is 21.8 Å². The van der Waals surface area contributed by atoms with Crippen LogP contribution >= 0.6 is 11.6 Å². The molecule has 1 aliphatic rings. The summed E-state index contributed by atoms with van der Waals surface area (Å²) >= 11 is 6.18. The maximum Gasteiger partial charge on any atom is 0.356 e. The second kappa shape index (κ2) is 9.09. The average molecular weight is 483 g/mol. The standard InChI is InChI=1S/C24H19ClN2O5S/c1-32-24(29)23-22(16-8-4-2-5-9-16)19-14-17(25)12-13-20(19)33(30,31)27(23)15-21(28)26-18-10-6-3-7-11-18/h2-14H,15H2,1H3,(H,26,28). The molecule has 0 fully saturated rings. The Balaban J connectivity index is 1.91. The van der Waals surface area contributed by atoms with E-state index in [4.69, 9.17) is 16.3 Å². The number of ether oxygens (including phenoxy) is 1. The van der Waals surface area contributed by atoms with Crippen LogP contribution in [0, 0.1) is 0 Å². The van der Waals surface area contributed by atoms with Crippen molar-refractivity contribution in [3.8, 4) is 0 Å². The fourth-order valence-corrected chi connectivity index (χ4v) is 5.41. The van der Waals surface area contributed by atoms with Gasteiger partial charge in [0.15, 0.2) is 0 Å². The molecule has 7 nitrogen and oxygen atoms in total. The lowest BCUT2D eigenvalue weighted by atomic mass is 9.95. The molecule has 1 N–H and O–H groups in total. The molecular weight excluding hydrogens is 464 g/mol. The first kappa shape index (κ1) is 22.6. The lowest BCUT2D eigenvalue weighted by molar-refractivity contribution is -0.137. The number of anilines is 1. The predicted octanol–water partition coefficient (Wildman–Crippen LogP) is 3.92. The van der Waals surface area contributed by atoms with Crippen LogP contribution in [-0.4, -0.2) is 38.3 Å².